The molecule has 0 aliphatic carbocycles. The fraction of sp³-hybridized carbons (Fsp3) is 0.250. The molecule has 0 spiro atoms. The summed E-state index contributed by atoms with van der Waals surface area (Å²) in [7, 11) is 2.09. The Hall–Kier alpha value is -3.73. The van der Waals surface area contributed by atoms with Gasteiger partial charge in [0.15, 0.2) is 0 Å². The molecule has 0 saturated carbocycles. The summed E-state index contributed by atoms with van der Waals surface area (Å²) in [6, 6.07) is 22.3. The number of carboxylic acid groups (broad SMARTS) is 1. The maximum Gasteiger partial charge on any atom is 0.416 e. The highest BCUT2D eigenvalue weighted by molar-refractivity contribution is 5.95. The zero-order valence-corrected chi connectivity index (χ0v) is 19.3. The number of fused-ring (bicyclic) bond motifs is 2. The van der Waals surface area contributed by atoms with Crippen LogP contribution in [0.5, 0.6) is 0 Å². The van der Waals surface area contributed by atoms with Gasteiger partial charge in [-0.3, -0.25) is 0 Å². The summed E-state index contributed by atoms with van der Waals surface area (Å²) in [4.78, 5) is 15.9. The number of hydrogen-bond acceptors (Lipinski definition) is 2. The number of nitrogens with zero attached hydrogens (tertiary/aromatic N) is 3. The fourth-order valence-corrected chi connectivity index (χ4v) is 4.90. The molecule has 1 aliphatic rings. The first kappa shape index (κ1) is 21.1. The highest BCUT2D eigenvalue weighted by Gasteiger charge is 2.24. The van der Waals surface area contributed by atoms with Crippen LogP contribution in [-0.2, 0) is 20.0 Å². The predicted molar refractivity (Wildman–Crippen MR) is 135 cm³/mol. The number of hydrogen-bond donors (Lipinski definition) is 1. The average Bonchev–Trinajstić information content (AvgIpc) is 3.35. The summed E-state index contributed by atoms with van der Waals surface area (Å²) >= 11 is 0. The second kappa shape index (κ2) is 8.32. The second-order valence-electron chi connectivity index (χ2n) is 9.13. The SMILES string of the molecule is CC(C)c1ccc(N(C(=O)O)c2ccc3c(c2)CCN3Cc2cn(C)c3ccccc23)cc1. The Balaban J connectivity index is 1.43. The van der Waals surface area contributed by atoms with Crippen LogP contribution in [0.2, 0.25) is 0 Å². The third-order valence-electron chi connectivity index (χ3n) is 6.66. The van der Waals surface area contributed by atoms with Gasteiger partial charge in [0.2, 0.25) is 0 Å². The van der Waals surface area contributed by atoms with E-state index >= 15 is 0 Å². The van der Waals surface area contributed by atoms with Crippen molar-refractivity contribution in [2.75, 3.05) is 16.3 Å². The Morgan fingerprint density at radius 2 is 1.76 bits per heavy atom. The average molecular weight is 440 g/mol. The molecule has 0 radical (unpaired) electrons. The maximum absolute atomic E-state index is 12.2. The molecule has 1 aliphatic heterocycles. The Morgan fingerprint density at radius 3 is 2.48 bits per heavy atom. The van der Waals surface area contributed by atoms with Crippen molar-refractivity contribution in [3.8, 4) is 0 Å². The van der Waals surface area contributed by atoms with Gasteiger partial charge in [-0.2, -0.15) is 0 Å². The third kappa shape index (κ3) is 3.84. The van der Waals surface area contributed by atoms with E-state index in [9.17, 15) is 9.90 Å². The van der Waals surface area contributed by atoms with Crippen molar-refractivity contribution in [1.29, 1.82) is 0 Å². The number of benzene rings is 3. The molecule has 33 heavy (non-hydrogen) atoms. The predicted octanol–water partition coefficient (Wildman–Crippen LogP) is 6.68. The van der Waals surface area contributed by atoms with E-state index in [0.717, 1.165) is 19.5 Å². The van der Waals surface area contributed by atoms with Gasteiger partial charge >= 0.3 is 6.09 Å². The first-order chi connectivity index (χ1) is 15.9. The zero-order valence-electron chi connectivity index (χ0n) is 19.3. The zero-order chi connectivity index (χ0) is 23.1. The number of carbonyl (C=O) groups is 1. The fourth-order valence-electron chi connectivity index (χ4n) is 4.90. The second-order valence-corrected chi connectivity index (χ2v) is 9.13. The molecule has 5 heteroatoms. The summed E-state index contributed by atoms with van der Waals surface area (Å²) < 4.78 is 2.18. The molecule has 3 aromatic carbocycles. The lowest BCUT2D eigenvalue weighted by atomic mass is 10.0. The standard InChI is InChI=1S/C28H29N3O2/c1-19(2)20-8-10-23(11-9-20)31(28(32)33)24-12-13-26-21(16-24)14-15-30(26)18-22-17-29(3)27-7-5-4-6-25(22)27/h4-13,16-17,19H,14-15,18H2,1-3H3,(H,32,33). The minimum atomic E-state index is -0.974. The molecule has 1 N–H and O–H groups in total. The summed E-state index contributed by atoms with van der Waals surface area (Å²) in [5, 5.41) is 11.3. The van der Waals surface area contributed by atoms with Gasteiger partial charge in [0.1, 0.15) is 0 Å². The lowest BCUT2D eigenvalue weighted by Gasteiger charge is -2.22. The molecule has 0 fully saturated rings. The molecule has 1 amide bonds. The Labute approximate surface area is 194 Å². The number of anilines is 3. The van der Waals surface area contributed by atoms with Gasteiger partial charge in [-0.1, -0.05) is 44.2 Å². The summed E-state index contributed by atoms with van der Waals surface area (Å²) in [6.07, 6.45) is 2.15. The number of amides is 1. The van der Waals surface area contributed by atoms with Gasteiger partial charge in [-0.25, -0.2) is 9.69 Å². The largest absolute Gasteiger partial charge is 0.464 e. The van der Waals surface area contributed by atoms with Crippen molar-refractivity contribution in [2.24, 2.45) is 7.05 Å². The molecule has 0 bridgehead atoms. The minimum Gasteiger partial charge on any atom is -0.464 e. The number of aromatic nitrogens is 1. The highest BCUT2D eigenvalue weighted by atomic mass is 16.4. The van der Waals surface area contributed by atoms with Gasteiger partial charge in [0, 0.05) is 42.9 Å². The van der Waals surface area contributed by atoms with Gasteiger partial charge in [-0.15, -0.1) is 0 Å². The van der Waals surface area contributed by atoms with E-state index in [2.05, 4.69) is 66.9 Å². The Morgan fingerprint density at radius 1 is 1.03 bits per heavy atom. The van der Waals surface area contributed by atoms with Crippen molar-refractivity contribution in [3.05, 3.63) is 89.6 Å². The van der Waals surface area contributed by atoms with Crippen LogP contribution in [0.1, 0.15) is 36.5 Å². The summed E-state index contributed by atoms with van der Waals surface area (Å²) in [5.74, 6) is 0.407. The molecule has 2 heterocycles. The molecule has 168 valence electrons. The topological polar surface area (TPSA) is 48.7 Å². The van der Waals surface area contributed by atoms with Gasteiger partial charge in [0.25, 0.3) is 0 Å². The van der Waals surface area contributed by atoms with Crippen molar-refractivity contribution >= 4 is 34.1 Å². The quantitative estimate of drug-likeness (QED) is 0.377. The first-order valence-electron chi connectivity index (χ1n) is 11.5. The summed E-state index contributed by atoms with van der Waals surface area (Å²) in [5.41, 5.74) is 7.47. The van der Waals surface area contributed by atoms with Crippen LogP contribution in [0.15, 0.2) is 72.9 Å². The van der Waals surface area contributed by atoms with Gasteiger partial charge in [0.05, 0.1) is 11.4 Å². The lowest BCUT2D eigenvalue weighted by Crippen LogP contribution is -2.23. The van der Waals surface area contributed by atoms with Crippen LogP contribution >= 0.6 is 0 Å². The molecule has 0 unspecified atom stereocenters. The van der Waals surface area contributed by atoms with Crippen LogP contribution in [0.25, 0.3) is 10.9 Å². The van der Waals surface area contributed by atoms with Crippen LogP contribution in [0.3, 0.4) is 0 Å². The smallest absolute Gasteiger partial charge is 0.416 e. The molecule has 1 aromatic heterocycles. The maximum atomic E-state index is 12.2. The van der Waals surface area contributed by atoms with Crippen LogP contribution in [-0.4, -0.2) is 22.3 Å². The normalized spacial score (nSPS) is 13.0. The summed E-state index contributed by atoms with van der Waals surface area (Å²) in [6.45, 7) is 6.04. The molecule has 5 nitrogen and oxygen atoms in total. The van der Waals surface area contributed by atoms with E-state index in [1.165, 1.54) is 38.2 Å². The Kier molecular flexibility index (Phi) is 5.33. The van der Waals surface area contributed by atoms with Crippen molar-refractivity contribution in [1.82, 2.24) is 4.57 Å². The van der Waals surface area contributed by atoms with Gasteiger partial charge in [-0.05, 0) is 65.4 Å². The van der Waals surface area contributed by atoms with E-state index in [1.54, 1.807) is 0 Å². The molecular weight excluding hydrogens is 410 g/mol. The van der Waals surface area contributed by atoms with Crippen LogP contribution < -0.4 is 9.80 Å². The van der Waals surface area contributed by atoms with E-state index in [1.807, 2.05) is 36.4 Å². The molecule has 4 aromatic rings. The molecular formula is C28H29N3O2. The van der Waals surface area contributed by atoms with E-state index in [0.29, 0.717) is 17.3 Å². The van der Waals surface area contributed by atoms with Crippen LogP contribution in [0, 0.1) is 0 Å². The first-order valence-corrected chi connectivity index (χ1v) is 11.5. The van der Waals surface area contributed by atoms with Crippen molar-refractivity contribution < 1.29 is 9.90 Å². The van der Waals surface area contributed by atoms with Gasteiger partial charge < -0.3 is 14.6 Å². The molecule has 0 saturated heterocycles. The van der Waals surface area contributed by atoms with Crippen LogP contribution in [0.4, 0.5) is 21.9 Å². The minimum absolute atomic E-state index is 0.407. The van der Waals surface area contributed by atoms with E-state index in [4.69, 9.17) is 0 Å². The molecule has 5 rings (SSSR count). The lowest BCUT2D eigenvalue weighted by molar-refractivity contribution is 0.205. The monoisotopic (exact) mass is 439 g/mol. The van der Waals surface area contributed by atoms with E-state index in [-0.39, 0.29) is 0 Å². The highest BCUT2D eigenvalue weighted by Crippen LogP contribution is 2.36. The number of aryl methyl sites for hydroxylation is 1. The number of para-hydroxylation sites is 1. The Bertz CT molecular complexity index is 1320. The van der Waals surface area contributed by atoms with Crippen molar-refractivity contribution in [3.63, 3.8) is 0 Å². The van der Waals surface area contributed by atoms with Crippen molar-refractivity contribution in [2.45, 2.75) is 32.7 Å². The third-order valence-corrected chi connectivity index (χ3v) is 6.66. The molecule has 0 atom stereocenters. The number of rotatable bonds is 5. The van der Waals surface area contributed by atoms with E-state index < -0.39 is 6.09 Å².